The van der Waals surface area contributed by atoms with Crippen molar-refractivity contribution in [2.45, 2.75) is 160 Å². The van der Waals surface area contributed by atoms with Gasteiger partial charge in [-0.05, 0) is 48.6 Å². The average molecular weight is 1150 g/mol. The van der Waals surface area contributed by atoms with Gasteiger partial charge in [0.2, 0.25) is 53.2 Å². The van der Waals surface area contributed by atoms with Gasteiger partial charge in [0.15, 0.2) is 0 Å². The number of aromatic amines is 1. The number of imidazole rings is 1. The largest absolute Gasteiger partial charge is 0.481 e. The molecule has 0 aliphatic carbocycles. The van der Waals surface area contributed by atoms with Crippen LogP contribution in [0.3, 0.4) is 0 Å². The summed E-state index contributed by atoms with van der Waals surface area (Å²) >= 11 is 4.29. The molecule has 0 aliphatic rings. The first-order chi connectivity index (χ1) is 38.6. The van der Waals surface area contributed by atoms with Gasteiger partial charge in [0.05, 0.1) is 12.4 Å². The fraction of sp³-hybridized carbons (Fsp3) is 0.527. The quantitative estimate of drug-likeness (QED) is 0.0267. The number of unbranched alkanes of at least 4 members (excludes halogenated alkanes) is 2. The first kappa shape index (κ1) is 67.4. The van der Waals surface area contributed by atoms with Crippen LogP contribution in [-0.4, -0.2) is 146 Å². The lowest BCUT2D eigenvalue weighted by molar-refractivity contribution is -0.138. The number of H-pyrrole nitrogens is 1. The number of aromatic nitrogens is 2. The fourth-order valence-electron chi connectivity index (χ4n) is 8.27. The first-order valence-corrected chi connectivity index (χ1v) is 27.7. The number of aliphatic carboxylic acids is 2. The lowest BCUT2D eigenvalue weighted by Gasteiger charge is -2.30. The number of carbonyl (C=O) groups is 11. The number of benzene rings is 2. The third kappa shape index (κ3) is 24.6. The van der Waals surface area contributed by atoms with Gasteiger partial charge in [-0.3, -0.25) is 52.7 Å². The van der Waals surface area contributed by atoms with Crippen molar-refractivity contribution in [3.05, 3.63) is 90.0 Å². The predicted molar refractivity (Wildman–Crippen MR) is 301 cm³/mol. The van der Waals surface area contributed by atoms with Crippen LogP contribution in [0, 0.1) is 11.8 Å². The molecule has 0 aliphatic heterocycles. The van der Waals surface area contributed by atoms with Crippen LogP contribution in [0.25, 0.3) is 0 Å². The van der Waals surface area contributed by atoms with Gasteiger partial charge in [0.1, 0.15) is 42.3 Å². The predicted octanol–water partition coefficient (Wildman–Crippen LogP) is 0.0720. The van der Waals surface area contributed by atoms with E-state index in [1.807, 2.05) is 0 Å². The van der Waals surface area contributed by atoms with Crippen molar-refractivity contribution in [1.29, 1.82) is 0 Å². The van der Waals surface area contributed by atoms with Crippen LogP contribution in [0.2, 0.25) is 0 Å². The van der Waals surface area contributed by atoms with Crippen LogP contribution >= 0.6 is 12.6 Å². The number of nitrogens with one attached hydrogen (secondary N) is 9. The molecule has 444 valence electrons. The molecular formula is C55H80N12O13S. The summed E-state index contributed by atoms with van der Waals surface area (Å²) < 4.78 is 0. The molecule has 25 nitrogen and oxygen atoms in total. The summed E-state index contributed by atoms with van der Waals surface area (Å²) in [6.07, 6.45) is 3.48. The molecule has 0 fully saturated rings. The van der Waals surface area contributed by atoms with Gasteiger partial charge in [0.25, 0.3) is 0 Å². The lowest BCUT2D eigenvalue weighted by Crippen LogP contribution is -2.62. The van der Waals surface area contributed by atoms with E-state index in [4.69, 9.17) is 21.7 Å². The average Bonchev–Trinajstić information content (AvgIpc) is 3.99. The standard InChI is InChI=1S/C55H80N12O13S/c1-5-32(3)46(67-53(78)42(30-81)65-51(76)40(27-35-18-12-8-13-19-35)62-48(73)37(56)21-24-45(71)72)54(79)61-38(22-23-43(57)68)50(75)66-47(33(4)6-2)55(80)64-41(28-36-29-58-31-60-36)52(77)63-39(26-34-16-10-7-11-17-34)49(74)59-25-15-9-14-20-44(69)70/h7-8,10-13,16-19,29,31-33,37-42,46-47,81H,5-6,9,14-15,20-28,30,56H2,1-4H3,(H2,57,68)(H,58,60)(H,59,74)(H,61,79)(H,62,73)(H,63,77)(H,64,80)(H,65,76)(H,66,75)(H,67,78)(H,69,70)(H,71,72)/t32-,33-,37-,38-,39-,40-,41-,42-,46-,47-/m0/s1. The number of carbonyl (C=O) groups excluding carboxylic acids is 9. The van der Waals surface area contributed by atoms with Gasteiger partial charge in [-0.2, -0.15) is 12.6 Å². The minimum Gasteiger partial charge on any atom is -0.481 e. The molecule has 3 aromatic rings. The number of amides is 9. The molecule has 0 unspecified atom stereocenters. The number of nitrogens with two attached hydrogens (primary N) is 2. The van der Waals surface area contributed by atoms with Crippen molar-refractivity contribution in [3.8, 4) is 0 Å². The number of rotatable bonds is 38. The van der Waals surface area contributed by atoms with Crippen molar-refractivity contribution in [1.82, 2.24) is 52.5 Å². The van der Waals surface area contributed by atoms with E-state index in [0.717, 1.165) is 5.56 Å². The molecule has 10 atom stereocenters. The molecule has 9 amide bonds. The molecule has 1 aromatic heterocycles. The van der Waals surface area contributed by atoms with Crippen LogP contribution in [-0.2, 0) is 72.0 Å². The summed E-state index contributed by atoms with van der Waals surface area (Å²) in [6.45, 7) is 7.04. The Morgan fingerprint density at radius 3 is 1.48 bits per heavy atom. The highest BCUT2D eigenvalue weighted by molar-refractivity contribution is 7.80. The van der Waals surface area contributed by atoms with E-state index in [9.17, 15) is 52.7 Å². The zero-order valence-electron chi connectivity index (χ0n) is 46.2. The van der Waals surface area contributed by atoms with Crippen LogP contribution in [0.1, 0.15) is 109 Å². The Labute approximate surface area is 476 Å². The number of thiol groups is 1. The van der Waals surface area contributed by atoms with Crippen LogP contribution in [0.4, 0.5) is 0 Å². The minimum atomic E-state index is -1.52. The molecule has 26 heteroatoms. The number of carboxylic acids is 2. The van der Waals surface area contributed by atoms with Gasteiger partial charge in [-0.25, -0.2) is 4.98 Å². The molecule has 0 bridgehead atoms. The van der Waals surface area contributed by atoms with Gasteiger partial charge in [-0.1, -0.05) is 108 Å². The summed E-state index contributed by atoms with van der Waals surface area (Å²) in [5.41, 5.74) is 13.2. The van der Waals surface area contributed by atoms with Crippen molar-refractivity contribution in [3.63, 3.8) is 0 Å². The number of carboxylic acid groups (broad SMARTS) is 2. The van der Waals surface area contributed by atoms with Crippen molar-refractivity contribution >= 4 is 77.7 Å². The highest BCUT2D eigenvalue weighted by atomic mass is 32.1. The topological polar surface area (TPSA) is 405 Å². The van der Waals surface area contributed by atoms with Gasteiger partial charge in [-0.15, -0.1) is 0 Å². The SMILES string of the molecule is CC[C@H](C)[C@H](NC(=O)[C@H](CCC(N)=O)NC(=O)[C@@H](NC(=O)[C@H](CS)NC(=O)[C@H](Cc1ccccc1)NC(=O)[C@@H](N)CCC(=O)O)[C@@H](C)CC)C(=O)N[C@@H](Cc1cnc[nH]1)C(=O)N[C@@H](Cc1ccccc1)C(=O)NCCCCCC(=O)O. The van der Waals surface area contributed by atoms with E-state index in [0.29, 0.717) is 43.4 Å². The number of primary amides is 1. The zero-order chi connectivity index (χ0) is 60.0. The Morgan fingerprint density at radius 2 is 1.00 bits per heavy atom. The second-order valence-corrected chi connectivity index (χ2v) is 20.3. The lowest BCUT2D eigenvalue weighted by atomic mass is 9.95. The van der Waals surface area contributed by atoms with Gasteiger partial charge < -0.3 is 69.2 Å². The highest BCUT2D eigenvalue weighted by Crippen LogP contribution is 2.15. The second-order valence-electron chi connectivity index (χ2n) is 19.9. The number of nitrogens with zero attached hydrogens (tertiary/aromatic N) is 1. The zero-order valence-corrected chi connectivity index (χ0v) is 47.1. The molecule has 0 radical (unpaired) electrons. The molecule has 0 saturated carbocycles. The van der Waals surface area contributed by atoms with E-state index in [1.165, 1.54) is 12.5 Å². The molecule has 0 saturated heterocycles. The smallest absolute Gasteiger partial charge is 0.303 e. The first-order valence-electron chi connectivity index (χ1n) is 27.1. The van der Waals surface area contributed by atoms with Crippen LogP contribution in [0.5, 0.6) is 0 Å². The van der Waals surface area contributed by atoms with E-state index in [2.05, 4.69) is 65.1 Å². The summed E-state index contributed by atoms with van der Waals surface area (Å²) in [4.78, 5) is 153. The third-order valence-corrected chi connectivity index (χ3v) is 13.9. The van der Waals surface area contributed by atoms with Gasteiger partial charge in [0, 0.05) is 62.7 Å². The number of hydrogen-bond acceptors (Lipinski definition) is 14. The molecule has 81 heavy (non-hydrogen) atoms. The van der Waals surface area contributed by atoms with E-state index in [-0.39, 0.29) is 50.8 Å². The Hall–Kier alpha value is -7.87. The maximum atomic E-state index is 14.5. The monoisotopic (exact) mass is 1150 g/mol. The van der Waals surface area contributed by atoms with Crippen molar-refractivity contribution < 1.29 is 63.0 Å². The molecule has 2 aromatic carbocycles. The molecule has 0 spiro atoms. The summed E-state index contributed by atoms with van der Waals surface area (Å²) in [5, 5.41) is 39.5. The third-order valence-electron chi connectivity index (χ3n) is 13.5. The van der Waals surface area contributed by atoms with Crippen LogP contribution < -0.4 is 54.0 Å². The van der Waals surface area contributed by atoms with E-state index < -0.39 is 138 Å². The van der Waals surface area contributed by atoms with Gasteiger partial charge >= 0.3 is 11.9 Å². The second kappa shape index (κ2) is 35.7. The highest BCUT2D eigenvalue weighted by Gasteiger charge is 2.37. The van der Waals surface area contributed by atoms with E-state index in [1.54, 1.807) is 88.4 Å². The Bertz CT molecular complexity index is 2540. The fourth-order valence-corrected chi connectivity index (χ4v) is 8.53. The minimum absolute atomic E-state index is 0.00984. The maximum Gasteiger partial charge on any atom is 0.303 e. The van der Waals surface area contributed by atoms with Crippen LogP contribution in [0.15, 0.2) is 73.2 Å². The van der Waals surface area contributed by atoms with E-state index >= 15 is 0 Å². The Balaban J connectivity index is 1.86. The molecule has 15 N–H and O–H groups in total. The normalized spacial score (nSPS) is 14.7. The summed E-state index contributed by atoms with van der Waals surface area (Å²) in [6, 6.07) is 6.89. The molecular weight excluding hydrogens is 1070 g/mol. The maximum absolute atomic E-state index is 14.5. The van der Waals surface area contributed by atoms with Crippen molar-refractivity contribution in [2.24, 2.45) is 23.3 Å². The Morgan fingerprint density at radius 1 is 0.543 bits per heavy atom. The summed E-state index contributed by atoms with van der Waals surface area (Å²) in [5.74, 6) is -10.7. The molecule has 1 heterocycles. The van der Waals surface area contributed by atoms with Crippen molar-refractivity contribution in [2.75, 3.05) is 12.3 Å². The number of hydrogen-bond donors (Lipinski definition) is 14. The Kier molecular flexibility index (Phi) is 29.7. The molecule has 3 rings (SSSR count). The summed E-state index contributed by atoms with van der Waals surface area (Å²) in [7, 11) is 0.